The van der Waals surface area contributed by atoms with Gasteiger partial charge in [0.25, 0.3) is 0 Å². The summed E-state index contributed by atoms with van der Waals surface area (Å²) >= 11 is 3.26. The number of rotatable bonds is 0. The van der Waals surface area contributed by atoms with E-state index in [1.165, 1.54) is 0 Å². The molecule has 0 aliphatic rings. The van der Waals surface area contributed by atoms with Gasteiger partial charge in [-0.05, 0) is 15.9 Å². The molecular weight excluding hydrogens is 192 g/mol. The number of imidazole rings is 1. The van der Waals surface area contributed by atoms with Gasteiger partial charge >= 0.3 is 0 Å². The maximum atomic E-state index is 4.04. The van der Waals surface area contributed by atoms with Gasteiger partial charge in [0.15, 0.2) is 4.73 Å². The van der Waals surface area contributed by atoms with Gasteiger partial charge in [-0.2, -0.15) is 0 Å². The second-order valence-corrected chi connectivity index (χ2v) is 4.09. The Morgan fingerprint density at radius 2 is 2.10 bits per heavy atom. The van der Waals surface area contributed by atoms with E-state index in [4.69, 9.17) is 0 Å². The lowest BCUT2D eigenvalue weighted by atomic mass is 9.93. The maximum absolute atomic E-state index is 4.04. The van der Waals surface area contributed by atoms with Crippen molar-refractivity contribution in [2.75, 3.05) is 0 Å². The molecule has 56 valence electrons. The van der Waals surface area contributed by atoms with Gasteiger partial charge in [-0.1, -0.05) is 20.8 Å². The van der Waals surface area contributed by atoms with Gasteiger partial charge in [-0.3, -0.25) is 0 Å². The molecule has 1 aromatic heterocycles. The molecule has 3 heteroatoms. The first-order valence-corrected chi connectivity index (χ1v) is 4.00. The fourth-order valence-corrected chi connectivity index (χ4v) is 0.994. The van der Waals surface area contributed by atoms with Crippen molar-refractivity contribution < 1.29 is 0 Å². The zero-order valence-electron chi connectivity index (χ0n) is 6.40. The first-order chi connectivity index (χ1) is 4.50. The first-order valence-electron chi connectivity index (χ1n) is 3.21. The van der Waals surface area contributed by atoms with Crippen molar-refractivity contribution in [3.63, 3.8) is 0 Å². The fourth-order valence-electron chi connectivity index (χ4n) is 0.678. The lowest BCUT2D eigenvalue weighted by Gasteiger charge is -2.14. The van der Waals surface area contributed by atoms with Crippen LogP contribution in [0.15, 0.2) is 10.9 Å². The fraction of sp³-hybridized carbons (Fsp3) is 0.571. The average molecular weight is 203 g/mol. The molecule has 0 amide bonds. The van der Waals surface area contributed by atoms with Crippen LogP contribution in [0.5, 0.6) is 0 Å². The van der Waals surface area contributed by atoms with Crippen LogP contribution >= 0.6 is 15.9 Å². The van der Waals surface area contributed by atoms with Crippen LogP contribution in [0.25, 0.3) is 0 Å². The van der Waals surface area contributed by atoms with Crippen LogP contribution in [0.1, 0.15) is 26.5 Å². The predicted octanol–water partition coefficient (Wildman–Crippen LogP) is 2.47. The summed E-state index contributed by atoms with van der Waals surface area (Å²) in [4.78, 5) is 7.17. The highest BCUT2D eigenvalue weighted by Gasteiger charge is 2.15. The van der Waals surface area contributed by atoms with E-state index in [1.54, 1.807) is 0 Å². The standard InChI is InChI=1S/C7H11BrN2/c1-7(2,3)5-4-9-6(8)10-5/h4H,1-3H3,(H,9,10). The number of aromatic nitrogens is 2. The molecule has 10 heavy (non-hydrogen) atoms. The molecule has 0 aliphatic heterocycles. The molecule has 2 nitrogen and oxygen atoms in total. The molecular formula is C7H11BrN2. The molecule has 1 rings (SSSR count). The number of hydrogen-bond donors (Lipinski definition) is 1. The zero-order chi connectivity index (χ0) is 7.78. The van der Waals surface area contributed by atoms with Gasteiger partial charge < -0.3 is 4.98 Å². The minimum Gasteiger partial charge on any atom is -0.336 e. The van der Waals surface area contributed by atoms with Crippen molar-refractivity contribution in [1.82, 2.24) is 9.97 Å². The normalized spacial score (nSPS) is 12.0. The minimum atomic E-state index is 0.166. The van der Waals surface area contributed by atoms with E-state index in [0.717, 1.165) is 10.4 Å². The monoisotopic (exact) mass is 202 g/mol. The smallest absolute Gasteiger partial charge is 0.174 e. The van der Waals surface area contributed by atoms with Crippen LogP contribution in [0.3, 0.4) is 0 Å². The zero-order valence-corrected chi connectivity index (χ0v) is 7.99. The molecule has 0 aromatic carbocycles. The Bertz CT molecular complexity index is 222. The molecule has 0 aliphatic carbocycles. The Morgan fingerprint density at radius 3 is 2.30 bits per heavy atom. The van der Waals surface area contributed by atoms with Crippen LogP contribution in [0, 0.1) is 0 Å². The summed E-state index contributed by atoms with van der Waals surface area (Å²) in [6.07, 6.45) is 1.85. The second kappa shape index (κ2) is 2.38. The topological polar surface area (TPSA) is 28.7 Å². The molecule has 1 aromatic rings. The molecule has 1 heterocycles. The Balaban J connectivity index is 2.96. The highest BCUT2D eigenvalue weighted by Crippen LogP contribution is 2.20. The van der Waals surface area contributed by atoms with Crippen LogP contribution in [-0.2, 0) is 5.41 Å². The Kier molecular flexibility index (Phi) is 1.86. The third-order valence-corrected chi connectivity index (χ3v) is 1.76. The molecule has 0 atom stereocenters. The van der Waals surface area contributed by atoms with Crippen LogP contribution < -0.4 is 0 Å². The summed E-state index contributed by atoms with van der Waals surface area (Å²) in [7, 11) is 0. The van der Waals surface area contributed by atoms with Gasteiger partial charge in [-0.25, -0.2) is 4.98 Å². The highest BCUT2D eigenvalue weighted by atomic mass is 79.9. The SMILES string of the molecule is CC(C)(C)c1cnc(Br)[nH]1. The molecule has 1 N–H and O–H groups in total. The quantitative estimate of drug-likeness (QED) is 0.689. The van der Waals surface area contributed by atoms with Gasteiger partial charge in [0.05, 0.1) is 0 Å². The number of halogens is 1. The largest absolute Gasteiger partial charge is 0.336 e. The van der Waals surface area contributed by atoms with Gasteiger partial charge in [0.1, 0.15) is 0 Å². The Labute approximate surface area is 69.2 Å². The number of nitrogens with one attached hydrogen (secondary N) is 1. The summed E-state index contributed by atoms with van der Waals surface area (Å²) in [5, 5.41) is 0. The summed E-state index contributed by atoms with van der Waals surface area (Å²) in [5.41, 5.74) is 1.32. The number of hydrogen-bond acceptors (Lipinski definition) is 1. The molecule has 0 fully saturated rings. The Morgan fingerprint density at radius 1 is 1.50 bits per heavy atom. The van der Waals surface area contributed by atoms with Crippen molar-refractivity contribution in [1.29, 1.82) is 0 Å². The van der Waals surface area contributed by atoms with Crippen LogP contribution in [0.4, 0.5) is 0 Å². The summed E-state index contributed by atoms with van der Waals surface area (Å²) in [6.45, 7) is 6.44. The summed E-state index contributed by atoms with van der Waals surface area (Å²) in [5.74, 6) is 0. The number of nitrogens with zero attached hydrogens (tertiary/aromatic N) is 1. The molecule has 0 radical (unpaired) electrons. The third kappa shape index (κ3) is 1.59. The van der Waals surface area contributed by atoms with Crippen molar-refractivity contribution in [2.45, 2.75) is 26.2 Å². The summed E-state index contributed by atoms with van der Waals surface area (Å²) in [6, 6.07) is 0. The van der Waals surface area contributed by atoms with Gasteiger partial charge in [-0.15, -0.1) is 0 Å². The van der Waals surface area contributed by atoms with Crippen molar-refractivity contribution in [3.8, 4) is 0 Å². The van der Waals surface area contributed by atoms with Crippen molar-refractivity contribution >= 4 is 15.9 Å². The van der Waals surface area contributed by atoms with E-state index in [0.29, 0.717) is 0 Å². The summed E-state index contributed by atoms with van der Waals surface area (Å²) < 4.78 is 0.803. The third-order valence-electron chi connectivity index (χ3n) is 1.35. The van der Waals surface area contributed by atoms with E-state index >= 15 is 0 Å². The first kappa shape index (κ1) is 7.79. The predicted molar refractivity (Wildman–Crippen MR) is 45.0 cm³/mol. The lowest BCUT2D eigenvalue weighted by Crippen LogP contribution is -2.11. The number of aromatic amines is 1. The molecule has 0 spiro atoms. The highest BCUT2D eigenvalue weighted by molar-refractivity contribution is 9.10. The number of H-pyrrole nitrogens is 1. The maximum Gasteiger partial charge on any atom is 0.174 e. The molecule has 0 saturated heterocycles. The van der Waals surface area contributed by atoms with Crippen LogP contribution in [0.2, 0.25) is 0 Å². The Hall–Kier alpha value is -0.310. The van der Waals surface area contributed by atoms with Crippen LogP contribution in [-0.4, -0.2) is 9.97 Å². The van der Waals surface area contributed by atoms with E-state index < -0.39 is 0 Å². The average Bonchev–Trinajstić information content (AvgIpc) is 2.11. The molecule has 0 bridgehead atoms. The minimum absolute atomic E-state index is 0.166. The lowest BCUT2D eigenvalue weighted by molar-refractivity contribution is 0.572. The molecule has 0 saturated carbocycles. The van der Waals surface area contributed by atoms with Gasteiger partial charge in [0, 0.05) is 17.3 Å². The van der Waals surface area contributed by atoms with Crippen molar-refractivity contribution in [3.05, 3.63) is 16.6 Å². The van der Waals surface area contributed by atoms with E-state index in [2.05, 4.69) is 46.7 Å². The van der Waals surface area contributed by atoms with Crippen molar-refractivity contribution in [2.24, 2.45) is 0 Å². The van der Waals surface area contributed by atoms with Gasteiger partial charge in [0.2, 0.25) is 0 Å². The van der Waals surface area contributed by atoms with E-state index in [1.807, 2.05) is 6.20 Å². The molecule has 0 unspecified atom stereocenters. The second-order valence-electron chi connectivity index (χ2n) is 3.34. The van der Waals surface area contributed by atoms with E-state index in [9.17, 15) is 0 Å². The van der Waals surface area contributed by atoms with E-state index in [-0.39, 0.29) is 5.41 Å².